The van der Waals surface area contributed by atoms with Crippen molar-refractivity contribution in [3.63, 3.8) is 0 Å². The first-order valence-electron chi connectivity index (χ1n) is 10.1. The van der Waals surface area contributed by atoms with Crippen molar-refractivity contribution in [1.82, 2.24) is 4.90 Å². The molecule has 0 aliphatic carbocycles. The van der Waals surface area contributed by atoms with Gasteiger partial charge in [-0.05, 0) is 48.9 Å². The summed E-state index contributed by atoms with van der Waals surface area (Å²) in [7, 11) is 1.57. The Hall–Kier alpha value is -3.80. The molecule has 2 amide bonds. The summed E-state index contributed by atoms with van der Waals surface area (Å²) < 4.78 is 10.9. The maximum atomic E-state index is 12.8. The Morgan fingerprint density at radius 2 is 1.65 bits per heavy atom. The molecule has 0 saturated carbocycles. The van der Waals surface area contributed by atoms with Crippen molar-refractivity contribution in [1.29, 1.82) is 0 Å². The van der Waals surface area contributed by atoms with E-state index in [-0.39, 0.29) is 18.4 Å². The molecule has 0 spiro atoms. The molecular weight excluding hydrogens is 392 g/mol. The first kappa shape index (κ1) is 21.9. The number of nitrogens with zero attached hydrogens (tertiary/aromatic N) is 1. The first-order chi connectivity index (χ1) is 15.1. The van der Waals surface area contributed by atoms with Crippen molar-refractivity contribution in [3.05, 3.63) is 90.0 Å². The van der Waals surface area contributed by atoms with E-state index < -0.39 is 0 Å². The van der Waals surface area contributed by atoms with Crippen LogP contribution in [0.15, 0.2) is 78.9 Å². The van der Waals surface area contributed by atoms with Gasteiger partial charge in [0.25, 0.3) is 5.91 Å². The largest absolute Gasteiger partial charge is 0.497 e. The number of amides is 2. The average molecular weight is 418 g/mol. The van der Waals surface area contributed by atoms with Gasteiger partial charge in [0.05, 0.1) is 7.11 Å². The minimum Gasteiger partial charge on any atom is -0.497 e. The summed E-state index contributed by atoms with van der Waals surface area (Å²) in [6, 6.07) is 23.9. The monoisotopic (exact) mass is 418 g/mol. The van der Waals surface area contributed by atoms with Gasteiger partial charge in [-0.1, -0.05) is 36.4 Å². The average Bonchev–Trinajstić information content (AvgIpc) is 2.82. The molecule has 0 radical (unpaired) electrons. The van der Waals surface area contributed by atoms with Crippen molar-refractivity contribution in [2.24, 2.45) is 0 Å². The van der Waals surface area contributed by atoms with Crippen LogP contribution in [0, 0.1) is 0 Å². The van der Waals surface area contributed by atoms with Crippen LogP contribution in [0.2, 0.25) is 0 Å². The molecule has 0 aromatic heterocycles. The Morgan fingerprint density at radius 1 is 0.903 bits per heavy atom. The summed E-state index contributed by atoms with van der Waals surface area (Å²) in [4.78, 5) is 26.8. The van der Waals surface area contributed by atoms with Crippen LogP contribution in [-0.4, -0.2) is 36.9 Å². The summed E-state index contributed by atoms with van der Waals surface area (Å²) in [6.07, 6.45) is 0. The summed E-state index contributed by atoms with van der Waals surface area (Å²) in [5.74, 6) is 0.846. The Balaban J connectivity index is 1.57. The maximum Gasteiger partial charge on any atom is 0.254 e. The van der Waals surface area contributed by atoms with E-state index in [9.17, 15) is 9.59 Å². The smallest absolute Gasteiger partial charge is 0.254 e. The predicted octanol–water partition coefficient (Wildman–Crippen LogP) is 4.38. The van der Waals surface area contributed by atoms with Gasteiger partial charge in [-0.25, -0.2) is 0 Å². The SMILES string of the molecule is CCN(CC(=O)Nc1cccc(OC)c1)C(=O)c1ccc(OCc2ccccc2)cc1. The lowest BCUT2D eigenvalue weighted by Gasteiger charge is -2.20. The fraction of sp³-hybridized carbons (Fsp3) is 0.200. The van der Waals surface area contributed by atoms with Crippen LogP contribution < -0.4 is 14.8 Å². The molecule has 0 unspecified atom stereocenters. The highest BCUT2D eigenvalue weighted by Crippen LogP contribution is 2.18. The predicted molar refractivity (Wildman–Crippen MR) is 120 cm³/mol. The molecule has 6 heteroatoms. The molecule has 0 aliphatic heterocycles. The lowest BCUT2D eigenvalue weighted by molar-refractivity contribution is -0.116. The number of hydrogen-bond donors (Lipinski definition) is 1. The lowest BCUT2D eigenvalue weighted by Crippen LogP contribution is -2.37. The Morgan fingerprint density at radius 3 is 2.32 bits per heavy atom. The van der Waals surface area contributed by atoms with Gasteiger partial charge in [0.1, 0.15) is 24.7 Å². The third-order valence-corrected chi connectivity index (χ3v) is 4.71. The molecule has 3 aromatic rings. The quantitative estimate of drug-likeness (QED) is 0.560. The normalized spacial score (nSPS) is 10.3. The van der Waals surface area contributed by atoms with Gasteiger partial charge < -0.3 is 19.7 Å². The van der Waals surface area contributed by atoms with E-state index in [1.54, 1.807) is 55.6 Å². The highest BCUT2D eigenvalue weighted by molar-refractivity contribution is 5.99. The van der Waals surface area contributed by atoms with E-state index in [2.05, 4.69) is 5.32 Å². The van der Waals surface area contributed by atoms with Crippen LogP contribution in [-0.2, 0) is 11.4 Å². The number of hydrogen-bond acceptors (Lipinski definition) is 4. The van der Waals surface area contributed by atoms with Gasteiger partial charge in [0.15, 0.2) is 0 Å². The van der Waals surface area contributed by atoms with Crippen LogP contribution in [0.1, 0.15) is 22.8 Å². The molecule has 1 N–H and O–H groups in total. The summed E-state index contributed by atoms with van der Waals surface area (Å²) in [5, 5.41) is 2.80. The van der Waals surface area contributed by atoms with Gasteiger partial charge in [-0.3, -0.25) is 9.59 Å². The number of rotatable bonds is 9. The van der Waals surface area contributed by atoms with Crippen molar-refractivity contribution in [2.45, 2.75) is 13.5 Å². The zero-order valence-electron chi connectivity index (χ0n) is 17.7. The Labute approximate surface area is 182 Å². The van der Waals surface area contributed by atoms with Gasteiger partial charge in [-0.2, -0.15) is 0 Å². The van der Waals surface area contributed by atoms with Crippen LogP contribution in [0.4, 0.5) is 5.69 Å². The minimum absolute atomic E-state index is 0.0429. The number of likely N-dealkylation sites (N-methyl/N-ethyl adjacent to an activating group) is 1. The van der Waals surface area contributed by atoms with Gasteiger partial charge in [0, 0.05) is 23.9 Å². The topological polar surface area (TPSA) is 67.9 Å². The number of carbonyl (C=O) groups is 2. The minimum atomic E-state index is -0.272. The van der Waals surface area contributed by atoms with E-state index in [0.29, 0.717) is 35.9 Å². The molecule has 0 bridgehead atoms. The Bertz CT molecular complexity index is 1000. The number of anilines is 1. The van der Waals surface area contributed by atoms with Crippen LogP contribution in [0.25, 0.3) is 0 Å². The second kappa shape index (κ2) is 10.8. The first-order valence-corrected chi connectivity index (χ1v) is 10.1. The molecule has 31 heavy (non-hydrogen) atoms. The Kier molecular flexibility index (Phi) is 7.65. The highest BCUT2D eigenvalue weighted by Gasteiger charge is 2.17. The fourth-order valence-corrected chi connectivity index (χ4v) is 3.02. The molecule has 0 heterocycles. The lowest BCUT2D eigenvalue weighted by atomic mass is 10.2. The fourth-order valence-electron chi connectivity index (χ4n) is 3.02. The van der Waals surface area contributed by atoms with Gasteiger partial charge >= 0.3 is 0 Å². The third kappa shape index (κ3) is 6.34. The second-order valence-corrected chi connectivity index (χ2v) is 6.90. The summed E-state index contributed by atoms with van der Waals surface area (Å²) in [5.41, 5.74) is 2.19. The number of nitrogens with one attached hydrogen (secondary N) is 1. The van der Waals surface area contributed by atoms with Gasteiger partial charge in [-0.15, -0.1) is 0 Å². The zero-order chi connectivity index (χ0) is 22.1. The number of benzene rings is 3. The van der Waals surface area contributed by atoms with E-state index in [4.69, 9.17) is 9.47 Å². The molecule has 0 saturated heterocycles. The molecule has 3 aromatic carbocycles. The van der Waals surface area contributed by atoms with E-state index in [1.807, 2.05) is 37.3 Å². The molecule has 3 rings (SSSR count). The zero-order valence-corrected chi connectivity index (χ0v) is 17.7. The van der Waals surface area contributed by atoms with E-state index >= 15 is 0 Å². The third-order valence-electron chi connectivity index (χ3n) is 4.71. The van der Waals surface area contributed by atoms with Crippen LogP contribution >= 0.6 is 0 Å². The molecular formula is C25H26N2O4. The summed E-state index contributed by atoms with van der Waals surface area (Å²) >= 11 is 0. The number of ether oxygens (including phenoxy) is 2. The van der Waals surface area contributed by atoms with E-state index in [0.717, 1.165) is 5.56 Å². The molecule has 0 atom stereocenters. The molecule has 160 valence electrons. The van der Waals surface area contributed by atoms with Crippen LogP contribution in [0.3, 0.4) is 0 Å². The van der Waals surface area contributed by atoms with Crippen molar-refractivity contribution < 1.29 is 19.1 Å². The van der Waals surface area contributed by atoms with Crippen LogP contribution in [0.5, 0.6) is 11.5 Å². The maximum absolute atomic E-state index is 12.8. The van der Waals surface area contributed by atoms with Crippen molar-refractivity contribution >= 4 is 17.5 Å². The summed E-state index contributed by atoms with van der Waals surface area (Å²) in [6.45, 7) is 2.67. The highest BCUT2D eigenvalue weighted by atomic mass is 16.5. The van der Waals surface area contributed by atoms with E-state index in [1.165, 1.54) is 4.90 Å². The van der Waals surface area contributed by atoms with Gasteiger partial charge in [0.2, 0.25) is 5.91 Å². The second-order valence-electron chi connectivity index (χ2n) is 6.90. The molecule has 0 aliphatic rings. The number of methoxy groups -OCH3 is 1. The molecule has 0 fully saturated rings. The van der Waals surface area contributed by atoms with Crippen molar-refractivity contribution in [3.8, 4) is 11.5 Å². The standard InChI is InChI=1S/C25H26N2O4/c1-3-27(17-24(28)26-21-10-7-11-23(16-21)30-2)25(29)20-12-14-22(15-13-20)31-18-19-8-5-4-6-9-19/h4-16H,3,17-18H2,1-2H3,(H,26,28). The van der Waals surface area contributed by atoms with Crippen molar-refractivity contribution in [2.75, 3.05) is 25.5 Å². The number of carbonyl (C=O) groups excluding carboxylic acids is 2. The molecule has 6 nitrogen and oxygen atoms in total.